The molecule has 0 bridgehead atoms. The lowest BCUT2D eigenvalue weighted by molar-refractivity contribution is -0.904. The maximum atomic E-state index is 12.0. The molecule has 0 aliphatic heterocycles. The van der Waals surface area contributed by atoms with Crippen molar-refractivity contribution in [2.24, 2.45) is 17.3 Å². The number of rotatable bonds is 2. The van der Waals surface area contributed by atoms with Gasteiger partial charge in [-0.15, -0.1) is 0 Å². The van der Waals surface area contributed by atoms with Crippen LogP contribution in [0.2, 0.25) is 5.02 Å². The molecule has 0 saturated heterocycles. The van der Waals surface area contributed by atoms with Gasteiger partial charge in [0.05, 0.1) is 17.2 Å². The number of aliphatic hydroxyl groups is 1. The summed E-state index contributed by atoms with van der Waals surface area (Å²) in [4.78, 5) is 3.59. The zero-order chi connectivity index (χ0) is 21.8. The van der Waals surface area contributed by atoms with Crippen LogP contribution in [-0.2, 0) is 12.8 Å². The van der Waals surface area contributed by atoms with Gasteiger partial charge in [-0.25, -0.2) is 4.85 Å². The van der Waals surface area contributed by atoms with Crippen LogP contribution >= 0.6 is 11.6 Å². The van der Waals surface area contributed by atoms with E-state index in [1.165, 1.54) is 17.5 Å². The van der Waals surface area contributed by atoms with Crippen molar-refractivity contribution in [3.05, 3.63) is 69.8 Å². The Hall–Kier alpha value is -2.09. The van der Waals surface area contributed by atoms with E-state index in [0.29, 0.717) is 34.9 Å². The van der Waals surface area contributed by atoms with Crippen LogP contribution in [0.5, 0.6) is 0 Å². The highest BCUT2D eigenvalue weighted by atomic mass is 35.5. The second-order valence-electron chi connectivity index (χ2n) is 10.1. The van der Waals surface area contributed by atoms with Gasteiger partial charge in [-0.1, -0.05) is 37.1 Å². The highest BCUT2D eigenvalue weighted by Crippen LogP contribution is 2.63. The number of aromatic nitrogens is 1. The molecule has 1 aromatic heterocycles. The average Bonchev–Trinajstić information content (AvgIpc) is 2.76. The van der Waals surface area contributed by atoms with Gasteiger partial charge in [0, 0.05) is 23.3 Å². The number of benzene rings is 1. The molecule has 3 aliphatic carbocycles. The lowest BCUT2D eigenvalue weighted by Crippen LogP contribution is -2.59. The van der Waals surface area contributed by atoms with E-state index in [0.717, 1.165) is 48.8 Å². The summed E-state index contributed by atoms with van der Waals surface area (Å²) in [6, 6.07) is 7.86. The van der Waals surface area contributed by atoms with Crippen LogP contribution in [0.4, 0.5) is 5.69 Å². The van der Waals surface area contributed by atoms with E-state index in [4.69, 9.17) is 18.2 Å². The number of halogens is 1. The van der Waals surface area contributed by atoms with Crippen molar-refractivity contribution < 1.29 is 15.0 Å². The highest BCUT2D eigenvalue weighted by Gasteiger charge is 2.59. The second kappa shape index (κ2) is 7.50. The lowest BCUT2D eigenvalue weighted by Gasteiger charge is -2.61. The van der Waals surface area contributed by atoms with Gasteiger partial charge in [0.25, 0.3) is 0 Å². The minimum absolute atomic E-state index is 0.116. The molecule has 2 saturated carbocycles. The van der Waals surface area contributed by atoms with Gasteiger partial charge < -0.3 is 5.11 Å². The van der Waals surface area contributed by atoms with Crippen molar-refractivity contribution in [3.63, 3.8) is 0 Å². The summed E-state index contributed by atoms with van der Waals surface area (Å²) in [6.45, 7) is 9.70. The fraction of sp³-hybridized carbons (Fsp3) is 0.538. The largest absolute Gasteiger partial charge is 0.389 e. The molecule has 0 amide bonds. The first-order valence-corrected chi connectivity index (χ1v) is 11.8. The first kappa shape index (κ1) is 20.8. The molecule has 2 aromatic rings. The van der Waals surface area contributed by atoms with E-state index in [9.17, 15) is 10.3 Å². The molecule has 5 atom stereocenters. The molecule has 0 spiro atoms. The molecule has 162 valence electrons. The topological polar surface area (TPSA) is 48.7 Å². The molecule has 3 unspecified atom stereocenters. The molecule has 4 nitrogen and oxygen atoms in total. The minimum Gasteiger partial charge on any atom is -0.389 e. The quantitative estimate of drug-likeness (QED) is 0.363. The number of fused-ring (bicyclic) bond motifs is 5. The summed E-state index contributed by atoms with van der Waals surface area (Å²) < 4.78 is 1.05. The molecule has 31 heavy (non-hydrogen) atoms. The van der Waals surface area contributed by atoms with Crippen LogP contribution in [0, 0.1) is 23.8 Å². The maximum absolute atomic E-state index is 12.0. The smallest absolute Gasteiger partial charge is 0.222 e. The maximum Gasteiger partial charge on any atom is 0.222 e. The third kappa shape index (κ3) is 3.17. The fourth-order valence-corrected chi connectivity index (χ4v) is 7.53. The summed E-state index contributed by atoms with van der Waals surface area (Å²) in [6.07, 6.45) is 11.1. The Morgan fingerprint density at radius 1 is 1.16 bits per heavy atom. The Kier molecular flexibility index (Phi) is 5.03. The van der Waals surface area contributed by atoms with E-state index in [1.807, 2.05) is 18.2 Å². The molecule has 5 rings (SSSR count). The van der Waals surface area contributed by atoms with Crippen LogP contribution in [0.3, 0.4) is 0 Å². The number of nitrogens with zero attached hydrogens (tertiary/aromatic N) is 2. The summed E-state index contributed by atoms with van der Waals surface area (Å²) in [5, 5.41) is 22.2. The lowest BCUT2D eigenvalue weighted by atomic mass is 9.46. The van der Waals surface area contributed by atoms with Crippen LogP contribution in [-0.4, -0.2) is 15.9 Å². The second-order valence-corrected chi connectivity index (χ2v) is 10.5. The van der Waals surface area contributed by atoms with E-state index in [1.54, 1.807) is 12.4 Å². The van der Waals surface area contributed by atoms with Crippen molar-refractivity contribution in [2.45, 2.75) is 69.8 Å². The first-order valence-electron chi connectivity index (χ1n) is 11.5. The van der Waals surface area contributed by atoms with Crippen molar-refractivity contribution in [3.8, 4) is 0 Å². The van der Waals surface area contributed by atoms with Crippen molar-refractivity contribution in [1.29, 1.82) is 0 Å². The summed E-state index contributed by atoms with van der Waals surface area (Å²) >= 11 is 6.60. The number of hydrogen-bond acceptors (Lipinski definition) is 2. The molecule has 2 fully saturated rings. The zero-order valence-electron chi connectivity index (χ0n) is 18.0. The average molecular weight is 438 g/mol. The fourth-order valence-electron chi connectivity index (χ4n) is 7.22. The van der Waals surface area contributed by atoms with E-state index < -0.39 is 5.60 Å². The Balaban J connectivity index is 1.47. The van der Waals surface area contributed by atoms with Gasteiger partial charge in [-0.2, -0.15) is 0 Å². The normalized spacial score (nSPS) is 34.2. The van der Waals surface area contributed by atoms with Gasteiger partial charge in [-0.3, -0.25) is 5.21 Å². The van der Waals surface area contributed by atoms with Gasteiger partial charge in [0.1, 0.15) is 0 Å². The monoisotopic (exact) mass is 437 g/mol. The van der Waals surface area contributed by atoms with Crippen LogP contribution in [0.1, 0.15) is 68.1 Å². The third-order valence-corrected chi connectivity index (χ3v) is 9.30. The standard InChI is InChI=1S/C26H30ClN2O2/c1-25-13-9-19-18-7-8-23(28-2)24(27)21(18)6-5-20(19)22(25)4-3-12-26(25,30)16-17-10-14-29(31)15-11-17/h7-8,10-11,14-15,19-20,22,30-31H,3-6,9,12-13,16H2,1H3/q+1/t19?,20?,22?,25-,26+/m0/s1. The Morgan fingerprint density at radius 3 is 2.68 bits per heavy atom. The molecule has 0 radical (unpaired) electrons. The van der Waals surface area contributed by atoms with Crippen LogP contribution in [0.15, 0.2) is 36.7 Å². The first-order chi connectivity index (χ1) is 14.9. The summed E-state index contributed by atoms with van der Waals surface area (Å²) in [7, 11) is 0. The van der Waals surface area contributed by atoms with Crippen molar-refractivity contribution in [1.82, 2.24) is 0 Å². The zero-order valence-corrected chi connectivity index (χ0v) is 18.8. The Morgan fingerprint density at radius 2 is 1.94 bits per heavy atom. The van der Waals surface area contributed by atoms with Gasteiger partial charge in [0.2, 0.25) is 18.1 Å². The molecule has 2 N–H and O–H groups in total. The Labute approximate surface area is 189 Å². The van der Waals surface area contributed by atoms with Crippen LogP contribution < -0.4 is 4.73 Å². The molecule has 3 aliphatic rings. The van der Waals surface area contributed by atoms with E-state index >= 15 is 0 Å². The van der Waals surface area contributed by atoms with E-state index in [2.05, 4.69) is 17.8 Å². The predicted molar refractivity (Wildman–Crippen MR) is 119 cm³/mol. The van der Waals surface area contributed by atoms with Crippen molar-refractivity contribution >= 4 is 17.3 Å². The number of hydrogen-bond donors (Lipinski definition) is 2. The molecule has 1 aromatic carbocycles. The highest BCUT2D eigenvalue weighted by molar-refractivity contribution is 6.34. The molecular weight excluding hydrogens is 408 g/mol. The summed E-state index contributed by atoms with van der Waals surface area (Å²) in [5.74, 6) is 1.53. The van der Waals surface area contributed by atoms with Gasteiger partial charge in [-0.05, 0) is 78.4 Å². The van der Waals surface area contributed by atoms with Crippen molar-refractivity contribution in [2.75, 3.05) is 0 Å². The summed E-state index contributed by atoms with van der Waals surface area (Å²) in [5.41, 5.74) is 3.33. The van der Waals surface area contributed by atoms with Gasteiger partial charge >= 0.3 is 0 Å². The molecular formula is C26H30ClN2O2+. The minimum atomic E-state index is -0.728. The van der Waals surface area contributed by atoms with Gasteiger partial charge in [0.15, 0.2) is 0 Å². The SMILES string of the molecule is [C-]#[N+]c1ccc2c(c1Cl)CCC1C2CC[C@@]2(C)C1CCC[C@@]2(O)Cc1cc[n+](O)cc1. The predicted octanol–water partition coefficient (Wildman–Crippen LogP) is 5.64. The molecule has 5 heteroatoms. The van der Waals surface area contributed by atoms with E-state index in [-0.39, 0.29) is 5.41 Å². The third-order valence-electron chi connectivity index (χ3n) is 8.88. The number of pyridine rings is 1. The molecule has 1 heterocycles. The van der Waals surface area contributed by atoms with Crippen LogP contribution in [0.25, 0.3) is 4.85 Å². The Bertz CT molecular complexity index is 1050.